The summed E-state index contributed by atoms with van der Waals surface area (Å²) >= 11 is 0. The summed E-state index contributed by atoms with van der Waals surface area (Å²) in [4.78, 5) is 8.66. The maximum Gasteiger partial charge on any atom is 0.258 e. The minimum absolute atomic E-state index is 0.0784. The number of benzene rings is 1. The standard InChI is InChI=1S/C17H17N3O2/c1-11(21-3)13-4-6-14(7-5-13)16-10-15(8-9-18-16)17-19-12(2)20-22-17/h4-11H,1-3H3. The highest BCUT2D eigenvalue weighted by Gasteiger charge is 2.09. The third-order valence-corrected chi connectivity index (χ3v) is 3.56. The molecule has 1 aromatic carbocycles. The van der Waals surface area contributed by atoms with Gasteiger partial charge >= 0.3 is 0 Å². The molecular formula is C17H17N3O2. The summed E-state index contributed by atoms with van der Waals surface area (Å²) < 4.78 is 10.5. The Bertz CT molecular complexity index is 766. The summed E-state index contributed by atoms with van der Waals surface area (Å²) in [5.41, 5.74) is 3.89. The van der Waals surface area contributed by atoms with E-state index < -0.39 is 0 Å². The van der Waals surface area contributed by atoms with E-state index in [2.05, 4.69) is 27.3 Å². The highest BCUT2D eigenvalue weighted by Crippen LogP contribution is 2.25. The highest BCUT2D eigenvalue weighted by molar-refractivity contribution is 5.66. The predicted octanol–water partition coefficient (Wildman–Crippen LogP) is 3.81. The van der Waals surface area contributed by atoms with E-state index in [1.54, 1.807) is 20.2 Å². The molecule has 112 valence electrons. The molecule has 3 rings (SSSR count). The molecule has 3 aromatic rings. The molecule has 0 N–H and O–H groups in total. The molecule has 2 heterocycles. The number of ether oxygens (including phenoxy) is 1. The number of nitrogens with zero attached hydrogens (tertiary/aromatic N) is 3. The van der Waals surface area contributed by atoms with Crippen molar-refractivity contribution in [2.45, 2.75) is 20.0 Å². The number of methoxy groups -OCH3 is 1. The molecule has 0 saturated carbocycles. The average molecular weight is 295 g/mol. The number of aromatic nitrogens is 3. The van der Waals surface area contributed by atoms with Gasteiger partial charge in [0.2, 0.25) is 0 Å². The molecule has 0 radical (unpaired) electrons. The lowest BCUT2D eigenvalue weighted by Crippen LogP contribution is -1.95. The molecule has 0 fully saturated rings. The van der Waals surface area contributed by atoms with Crippen LogP contribution < -0.4 is 0 Å². The normalized spacial score (nSPS) is 12.3. The Labute approximate surface area is 129 Å². The zero-order chi connectivity index (χ0) is 15.5. The van der Waals surface area contributed by atoms with Crippen molar-refractivity contribution in [1.82, 2.24) is 15.1 Å². The van der Waals surface area contributed by atoms with Gasteiger partial charge in [-0.15, -0.1) is 0 Å². The van der Waals surface area contributed by atoms with Crippen LogP contribution in [0.2, 0.25) is 0 Å². The van der Waals surface area contributed by atoms with Crippen LogP contribution in [0.3, 0.4) is 0 Å². The molecule has 0 aliphatic carbocycles. The Balaban J connectivity index is 1.92. The number of rotatable bonds is 4. The van der Waals surface area contributed by atoms with E-state index in [0.29, 0.717) is 11.7 Å². The van der Waals surface area contributed by atoms with E-state index in [9.17, 15) is 0 Å². The second-order valence-electron chi connectivity index (χ2n) is 5.08. The van der Waals surface area contributed by atoms with E-state index >= 15 is 0 Å². The SMILES string of the molecule is COC(C)c1ccc(-c2cc(-c3nc(C)no3)ccn2)cc1. The lowest BCUT2D eigenvalue weighted by molar-refractivity contribution is 0.119. The first kappa shape index (κ1) is 14.4. The molecule has 0 amide bonds. The molecule has 0 aliphatic rings. The van der Waals surface area contributed by atoms with Crippen LogP contribution in [-0.4, -0.2) is 22.2 Å². The highest BCUT2D eigenvalue weighted by atomic mass is 16.5. The topological polar surface area (TPSA) is 61.0 Å². The molecule has 0 saturated heterocycles. The summed E-state index contributed by atoms with van der Waals surface area (Å²) in [6.07, 6.45) is 1.82. The molecule has 1 unspecified atom stereocenters. The second kappa shape index (κ2) is 6.07. The van der Waals surface area contributed by atoms with E-state index in [-0.39, 0.29) is 6.10 Å². The van der Waals surface area contributed by atoms with Crippen LogP contribution in [0.15, 0.2) is 47.1 Å². The van der Waals surface area contributed by atoms with Gasteiger partial charge in [-0.1, -0.05) is 29.4 Å². The first-order valence-electron chi connectivity index (χ1n) is 7.07. The zero-order valence-electron chi connectivity index (χ0n) is 12.8. The van der Waals surface area contributed by atoms with Gasteiger partial charge in [-0.2, -0.15) is 4.98 Å². The van der Waals surface area contributed by atoms with Gasteiger partial charge in [-0.3, -0.25) is 4.98 Å². The Morgan fingerprint density at radius 2 is 1.86 bits per heavy atom. The van der Waals surface area contributed by atoms with Crippen LogP contribution in [0.4, 0.5) is 0 Å². The van der Waals surface area contributed by atoms with E-state index in [4.69, 9.17) is 9.26 Å². The number of aryl methyl sites for hydroxylation is 1. The fourth-order valence-corrected chi connectivity index (χ4v) is 2.20. The van der Waals surface area contributed by atoms with Crippen molar-refractivity contribution in [1.29, 1.82) is 0 Å². The van der Waals surface area contributed by atoms with Crippen LogP contribution in [0.5, 0.6) is 0 Å². The van der Waals surface area contributed by atoms with Crippen molar-refractivity contribution < 1.29 is 9.26 Å². The first-order chi connectivity index (χ1) is 10.7. The van der Waals surface area contributed by atoms with Gasteiger partial charge in [-0.25, -0.2) is 0 Å². The smallest absolute Gasteiger partial charge is 0.258 e. The Morgan fingerprint density at radius 1 is 1.09 bits per heavy atom. The summed E-state index contributed by atoms with van der Waals surface area (Å²) in [6, 6.07) is 12.0. The quantitative estimate of drug-likeness (QED) is 0.732. The molecule has 0 aliphatic heterocycles. The predicted molar refractivity (Wildman–Crippen MR) is 83.1 cm³/mol. The summed E-state index contributed by atoms with van der Waals surface area (Å²) in [7, 11) is 1.70. The minimum Gasteiger partial charge on any atom is -0.377 e. The van der Waals surface area contributed by atoms with Crippen LogP contribution in [0.25, 0.3) is 22.7 Å². The fourth-order valence-electron chi connectivity index (χ4n) is 2.20. The maximum atomic E-state index is 5.32. The van der Waals surface area contributed by atoms with Gasteiger partial charge in [0, 0.05) is 24.4 Å². The third-order valence-electron chi connectivity index (χ3n) is 3.56. The van der Waals surface area contributed by atoms with Gasteiger partial charge in [0.05, 0.1) is 11.8 Å². The van der Waals surface area contributed by atoms with Gasteiger partial charge in [0.15, 0.2) is 5.82 Å². The summed E-state index contributed by atoms with van der Waals surface area (Å²) in [5, 5.41) is 3.82. The summed E-state index contributed by atoms with van der Waals surface area (Å²) in [5.74, 6) is 1.12. The van der Waals surface area contributed by atoms with Crippen LogP contribution in [0, 0.1) is 6.92 Å². The minimum atomic E-state index is 0.0784. The maximum absolute atomic E-state index is 5.32. The van der Waals surface area contributed by atoms with Crippen LogP contribution >= 0.6 is 0 Å². The third kappa shape index (κ3) is 2.89. The molecule has 22 heavy (non-hydrogen) atoms. The van der Waals surface area contributed by atoms with E-state index in [1.807, 2.05) is 31.2 Å². The fraction of sp³-hybridized carbons (Fsp3) is 0.235. The number of pyridine rings is 1. The largest absolute Gasteiger partial charge is 0.377 e. The van der Waals surface area contributed by atoms with E-state index in [1.165, 1.54) is 0 Å². The molecule has 1 atom stereocenters. The molecule has 5 nitrogen and oxygen atoms in total. The van der Waals surface area contributed by atoms with Crippen molar-refractivity contribution >= 4 is 0 Å². The van der Waals surface area contributed by atoms with Gasteiger partial charge < -0.3 is 9.26 Å². The lowest BCUT2D eigenvalue weighted by Gasteiger charge is -2.10. The number of hydrogen-bond acceptors (Lipinski definition) is 5. The lowest BCUT2D eigenvalue weighted by atomic mass is 10.0. The monoisotopic (exact) mass is 295 g/mol. The van der Waals surface area contributed by atoms with Gasteiger partial charge in [-0.05, 0) is 31.5 Å². The average Bonchev–Trinajstić information content (AvgIpc) is 3.01. The van der Waals surface area contributed by atoms with Crippen molar-refractivity contribution in [2.24, 2.45) is 0 Å². The van der Waals surface area contributed by atoms with Gasteiger partial charge in [0.25, 0.3) is 5.89 Å². The van der Waals surface area contributed by atoms with Crippen molar-refractivity contribution in [3.63, 3.8) is 0 Å². The van der Waals surface area contributed by atoms with Crippen molar-refractivity contribution in [3.05, 3.63) is 54.0 Å². The van der Waals surface area contributed by atoms with E-state index in [0.717, 1.165) is 22.4 Å². The number of hydrogen-bond donors (Lipinski definition) is 0. The summed E-state index contributed by atoms with van der Waals surface area (Å²) in [6.45, 7) is 3.82. The second-order valence-corrected chi connectivity index (χ2v) is 5.08. The molecule has 2 aromatic heterocycles. The molecule has 5 heteroatoms. The Hall–Kier alpha value is -2.53. The van der Waals surface area contributed by atoms with Gasteiger partial charge in [0.1, 0.15) is 0 Å². The first-order valence-corrected chi connectivity index (χ1v) is 7.07. The van der Waals surface area contributed by atoms with Crippen molar-refractivity contribution in [3.8, 4) is 22.7 Å². The van der Waals surface area contributed by atoms with Crippen LogP contribution in [-0.2, 0) is 4.74 Å². The van der Waals surface area contributed by atoms with Crippen molar-refractivity contribution in [2.75, 3.05) is 7.11 Å². The zero-order valence-corrected chi connectivity index (χ0v) is 12.8. The molecule has 0 spiro atoms. The Kier molecular flexibility index (Phi) is 3.98. The Morgan fingerprint density at radius 3 is 2.50 bits per heavy atom. The molecular weight excluding hydrogens is 278 g/mol. The van der Waals surface area contributed by atoms with Crippen LogP contribution in [0.1, 0.15) is 24.4 Å². The molecule has 0 bridgehead atoms.